The smallest absolute Gasteiger partial charge is 0.277 e. The zero-order valence-corrected chi connectivity index (χ0v) is 14.1. The number of aryl methyl sites for hydroxylation is 1. The molecule has 1 atom stereocenters. The average molecular weight is 353 g/mol. The molecule has 1 aromatic rings. The summed E-state index contributed by atoms with van der Waals surface area (Å²) in [7, 11) is 0. The minimum atomic E-state index is -0.219. The lowest BCUT2D eigenvalue weighted by Crippen LogP contribution is -2.27. The van der Waals surface area contributed by atoms with Crippen molar-refractivity contribution >= 4 is 27.5 Å². The van der Waals surface area contributed by atoms with Crippen LogP contribution in [0.4, 0.5) is 0 Å². The Bertz CT molecular complexity index is 543. The summed E-state index contributed by atoms with van der Waals surface area (Å²) in [5, 5.41) is 4.21. The Morgan fingerprint density at radius 1 is 1.52 bits per heavy atom. The van der Waals surface area contributed by atoms with Gasteiger partial charge in [-0.05, 0) is 62.3 Å². The number of ether oxygens (including phenoxy) is 1. The van der Waals surface area contributed by atoms with Gasteiger partial charge in [0.05, 0.1) is 0 Å². The van der Waals surface area contributed by atoms with E-state index in [2.05, 4.69) is 33.4 Å². The molecule has 4 nitrogen and oxygen atoms in total. The van der Waals surface area contributed by atoms with E-state index in [1.165, 1.54) is 6.42 Å². The molecule has 0 aromatic heterocycles. The summed E-state index contributed by atoms with van der Waals surface area (Å²) in [5.41, 5.74) is 4.66. The number of rotatable bonds is 4. The van der Waals surface area contributed by atoms with E-state index in [0.717, 1.165) is 35.0 Å². The minimum Gasteiger partial charge on any atom is -0.483 e. The van der Waals surface area contributed by atoms with E-state index < -0.39 is 0 Å². The highest BCUT2D eigenvalue weighted by molar-refractivity contribution is 9.10. The van der Waals surface area contributed by atoms with Crippen LogP contribution in [-0.2, 0) is 4.79 Å². The molecule has 1 aliphatic carbocycles. The molecule has 0 saturated heterocycles. The Labute approximate surface area is 134 Å². The molecule has 0 bridgehead atoms. The van der Waals surface area contributed by atoms with Gasteiger partial charge in [-0.25, -0.2) is 5.43 Å². The number of amides is 1. The van der Waals surface area contributed by atoms with Gasteiger partial charge in [0, 0.05) is 10.2 Å². The van der Waals surface area contributed by atoms with Crippen LogP contribution in [0.25, 0.3) is 0 Å². The highest BCUT2D eigenvalue weighted by atomic mass is 79.9. The zero-order valence-electron chi connectivity index (χ0n) is 12.5. The van der Waals surface area contributed by atoms with Crippen LogP contribution in [0.5, 0.6) is 5.75 Å². The van der Waals surface area contributed by atoms with Crippen molar-refractivity contribution in [3.05, 3.63) is 28.2 Å². The van der Waals surface area contributed by atoms with Gasteiger partial charge in [-0.1, -0.05) is 22.9 Å². The Balaban J connectivity index is 1.80. The molecule has 1 N–H and O–H groups in total. The first-order chi connectivity index (χ1) is 10.0. The van der Waals surface area contributed by atoms with Crippen molar-refractivity contribution in [3.63, 3.8) is 0 Å². The number of hydrazone groups is 1. The molecule has 1 aromatic carbocycles. The number of benzene rings is 1. The Kier molecular flexibility index (Phi) is 5.79. The van der Waals surface area contributed by atoms with Crippen LogP contribution >= 0.6 is 15.9 Å². The largest absolute Gasteiger partial charge is 0.483 e. The molecule has 0 heterocycles. The maximum absolute atomic E-state index is 11.8. The highest BCUT2D eigenvalue weighted by Gasteiger charge is 2.14. The van der Waals surface area contributed by atoms with Gasteiger partial charge >= 0.3 is 0 Å². The molecular formula is C16H21BrN2O2. The monoisotopic (exact) mass is 352 g/mol. The van der Waals surface area contributed by atoms with Crippen molar-refractivity contribution in [2.45, 2.75) is 39.5 Å². The normalized spacial score (nSPS) is 20.3. The summed E-state index contributed by atoms with van der Waals surface area (Å²) in [6.07, 6.45) is 4.37. The first-order valence-corrected chi connectivity index (χ1v) is 8.07. The Morgan fingerprint density at radius 2 is 2.33 bits per heavy atom. The van der Waals surface area contributed by atoms with E-state index >= 15 is 0 Å². The Morgan fingerprint density at radius 3 is 3.05 bits per heavy atom. The highest BCUT2D eigenvalue weighted by Crippen LogP contribution is 2.22. The lowest BCUT2D eigenvalue weighted by Gasteiger charge is -2.18. The van der Waals surface area contributed by atoms with E-state index in [4.69, 9.17) is 4.74 Å². The van der Waals surface area contributed by atoms with E-state index in [1.54, 1.807) is 0 Å². The van der Waals surface area contributed by atoms with Gasteiger partial charge in [-0.2, -0.15) is 5.10 Å². The van der Waals surface area contributed by atoms with Crippen LogP contribution in [0.1, 0.15) is 38.2 Å². The van der Waals surface area contributed by atoms with Gasteiger partial charge < -0.3 is 4.74 Å². The number of nitrogens with one attached hydrogen (secondary N) is 1. The van der Waals surface area contributed by atoms with Crippen molar-refractivity contribution < 1.29 is 9.53 Å². The number of halogens is 1. The summed E-state index contributed by atoms with van der Waals surface area (Å²) in [4.78, 5) is 11.8. The minimum absolute atomic E-state index is 0.0190. The van der Waals surface area contributed by atoms with Crippen molar-refractivity contribution in [2.24, 2.45) is 11.0 Å². The standard InChI is InChI=1S/C16H21BrN2O2/c1-11-4-3-5-14(8-11)18-19-16(20)10-21-15-7-6-13(17)9-12(15)2/h6-7,9,11H,3-5,8,10H2,1-2H3,(H,19,20)/b18-14+. The second-order valence-corrected chi connectivity index (χ2v) is 6.53. The van der Waals surface area contributed by atoms with E-state index in [0.29, 0.717) is 11.7 Å². The fraction of sp³-hybridized carbons (Fsp3) is 0.500. The second kappa shape index (κ2) is 7.59. The van der Waals surface area contributed by atoms with E-state index in [1.807, 2.05) is 25.1 Å². The quantitative estimate of drug-likeness (QED) is 0.837. The lowest BCUT2D eigenvalue weighted by molar-refractivity contribution is -0.123. The van der Waals surface area contributed by atoms with Crippen LogP contribution in [0.2, 0.25) is 0 Å². The van der Waals surface area contributed by atoms with Gasteiger partial charge in [0.25, 0.3) is 5.91 Å². The summed E-state index contributed by atoms with van der Waals surface area (Å²) >= 11 is 3.40. The van der Waals surface area contributed by atoms with Gasteiger partial charge in [-0.3, -0.25) is 4.79 Å². The van der Waals surface area contributed by atoms with Gasteiger partial charge in [0.15, 0.2) is 6.61 Å². The molecule has 1 fully saturated rings. The Hall–Kier alpha value is -1.36. The molecule has 1 amide bonds. The fourth-order valence-electron chi connectivity index (χ4n) is 2.45. The fourth-order valence-corrected chi connectivity index (χ4v) is 2.93. The third kappa shape index (κ3) is 5.16. The maximum atomic E-state index is 11.8. The molecule has 1 unspecified atom stereocenters. The van der Waals surface area contributed by atoms with Gasteiger partial charge in [-0.15, -0.1) is 0 Å². The number of nitrogens with zero attached hydrogens (tertiary/aromatic N) is 1. The molecule has 2 rings (SSSR count). The molecule has 21 heavy (non-hydrogen) atoms. The molecule has 0 radical (unpaired) electrons. The third-order valence-electron chi connectivity index (χ3n) is 3.58. The van der Waals surface area contributed by atoms with Gasteiger partial charge in [0.1, 0.15) is 5.75 Å². The van der Waals surface area contributed by atoms with Crippen molar-refractivity contribution in [3.8, 4) is 5.75 Å². The SMILES string of the molecule is Cc1cc(Br)ccc1OCC(=O)N/N=C1\CCCC(C)C1. The summed E-state index contributed by atoms with van der Waals surface area (Å²) in [5.74, 6) is 1.16. The molecule has 114 valence electrons. The molecule has 1 saturated carbocycles. The second-order valence-electron chi connectivity index (χ2n) is 5.61. The van der Waals surface area contributed by atoms with Crippen LogP contribution < -0.4 is 10.2 Å². The van der Waals surface area contributed by atoms with Gasteiger partial charge in [0.2, 0.25) is 0 Å². The first kappa shape index (κ1) is 16.0. The predicted octanol–water partition coefficient (Wildman–Crippen LogP) is 3.82. The van der Waals surface area contributed by atoms with Crippen molar-refractivity contribution in [1.82, 2.24) is 5.43 Å². The van der Waals surface area contributed by atoms with Crippen molar-refractivity contribution in [1.29, 1.82) is 0 Å². The van der Waals surface area contributed by atoms with E-state index in [-0.39, 0.29) is 12.5 Å². The predicted molar refractivity (Wildman–Crippen MR) is 87.6 cm³/mol. The topological polar surface area (TPSA) is 50.7 Å². The number of carbonyl (C=O) groups is 1. The van der Waals surface area contributed by atoms with Crippen molar-refractivity contribution in [2.75, 3.05) is 6.61 Å². The number of hydrogen-bond acceptors (Lipinski definition) is 3. The third-order valence-corrected chi connectivity index (χ3v) is 4.07. The molecule has 0 spiro atoms. The van der Waals surface area contributed by atoms with Crippen LogP contribution in [0.15, 0.2) is 27.8 Å². The molecule has 1 aliphatic rings. The zero-order chi connectivity index (χ0) is 15.2. The summed E-state index contributed by atoms with van der Waals surface area (Å²) in [6.45, 7) is 4.15. The van der Waals surface area contributed by atoms with Crippen LogP contribution in [-0.4, -0.2) is 18.2 Å². The number of hydrogen-bond donors (Lipinski definition) is 1. The number of carbonyl (C=O) groups excluding carboxylic acids is 1. The maximum Gasteiger partial charge on any atom is 0.277 e. The summed E-state index contributed by atoms with van der Waals surface area (Å²) in [6, 6.07) is 5.70. The van der Waals surface area contributed by atoms with Crippen LogP contribution in [0, 0.1) is 12.8 Å². The lowest BCUT2D eigenvalue weighted by atomic mass is 9.89. The van der Waals surface area contributed by atoms with E-state index in [9.17, 15) is 4.79 Å². The summed E-state index contributed by atoms with van der Waals surface area (Å²) < 4.78 is 6.51. The first-order valence-electron chi connectivity index (χ1n) is 7.28. The van der Waals surface area contributed by atoms with Crippen LogP contribution in [0.3, 0.4) is 0 Å². The average Bonchev–Trinajstić information content (AvgIpc) is 2.44. The molecule has 0 aliphatic heterocycles. The molecule has 5 heteroatoms. The molecular weight excluding hydrogens is 332 g/mol.